The zero-order chi connectivity index (χ0) is 25.4. The molecule has 1 aliphatic heterocycles. The third-order valence-electron chi connectivity index (χ3n) is 5.63. The normalized spacial score (nSPS) is 14.4. The van der Waals surface area contributed by atoms with Crippen molar-refractivity contribution in [1.82, 2.24) is 0 Å². The van der Waals surface area contributed by atoms with Crippen molar-refractivity contribution < 1.29 is 18.0 Å². The molecule has 0 spiro atoms. The van der Waals surface area contributed by atoms with Crippen LogP contribution in [0.15, 0.2) is 71.6 Å². The highest BCUT2D eigenvalue weighted by atomic mass is 32.2. The molecule has 3 aromatic rings. The molecule has 0 fully saturated rings. The number of amides is 2. The van der Waals surface area contributed by atoms with Crippen LogP contribution in [0.25, 0.3) is 11.6 Å². The lowest BCUT2D eigenvalue weighted by molar-refractivity contribution is -0.114. The fourth-order valence-electron chi connectivity index (χ4n) is 3.76. The van der Waals surface area contributed by atoms with E-state index < -0.39 is 10.0 Å². The number of anilines is 3. The second kappa shape index (κ2) is 9.03. The third kappa shape index (κ3) is 5.44. The van der Waals surface area contributed by atoms with Gasteiger partial charge in [-0.1, -0.05) is 45.0 Å². The molecular formula is C27H27N3O4S. The first kappa shape index (κ1) is 24.2. The van der Waals surface area contributed by atoms with Gasteiger partial charge in [-0.15, -0.1) is 0 Å². The van der Waals surface area contributed by atoms with Crippen molar-refractivity contribution in [3.05, 3.63) is 83.4 Å². The first-order valence-electron chi connectivity index (χ1n) is 11.1. The molecule has 180 valence electrons. The summed E-state index contributed by atoms with van der Waals surface area (Å²) in [4.78, 5) is 23.9. The quantitative estimate of drug-likeness (QED) is 0.427. The minimum Gasteiger partial charge on any atom is -0.326 e. The van der Waals surface area contributed by atoms with Gasteiger partial charge in [-0.3, -0.25) is 14.3 Å². The number of carbonyl (C=O) groups is 2. The van der Waals surface area contributed by atoms with Crippen LogP contribution in [-0.2, 0) is 25.0 Å². The molecule has 1 heterocycles. The molecule has 4 rings (SSSR count). The molecular weight excluding hydrogens is 462 g/mol. The molecule has 35 heavy (non-hydrogen) atoms. The van der Waals surface area contributed by atoms with Crippen LogP contribution in [-0.4, -0.2) is 20.2 Å². The smallest absolute Gasteiger partial charge is 0.261 e. The lowest BCUT2D eigenvalue weighted by Gasteiger charge is -2.19. The van der Waals surface area contributed by atoms with Gasteiger partial charge >= 0.3 is 0 Å². The van der Waals surface area contributed by atoms with Gasteiger partial charge in [-0.05, 0) is 65.1 Å². The van der Waals surface area contributed by atoms with Crippen molar-refractivity contribution in [3.8, 4) is 0 Å². The summed E-state index contributed by atoms with van der Waals surface area (Å²) in [6, 6.07) is 18.9. The molecule has 0 saturated heterocycles. The lowest BCUT2D eigenvalue weighted by Crippen LogP contribution is -2.14. The van der Waals surface area contributed by atoms with Crippen molar-refractivity contribution in [2.75, 3.05) is 15.4 Å². The molecule has 7 nitrogen and oxygen atoms in total. The first-order valence-corrected chi connectivity index (χ1v) is 12.6. The Morgan fingerprint density at radius 3 is 2.14 bits per heavy atom. The van der Waals surface area contributed by atoms with E-state index in [1.807, 2.05) is 12.1 Å². The molecule has 3 aromatic carbocycles. The van der Waals surface area contributed by atoms with Crippen molar-refractivity contribution in [2.24, 2.45) is 0 Å². The summed E-state index contributed by atoms with van der Waals surface area (Å²) in [5.41, 5.74) is 4.32. The maximum Gasteiger partial charge on any atom is 0.261 e. The Morgan fingerprint density at radius 2 is 1.54 bits per heavy atom. The zero-order valence-electron chi connectivity index (χ0n) is 20.0. The van der Waals surface area contributed by atoms with Gasteiger partial charge in [-0.25, -0.2) is 8.42 Å². The van der Waals surface area contributed by atoms with Gasteiger partial charge in [0.2, 0.25) is 5.91 Å². The lowest BCUT2D eigenvalue weighted by atomic mass is 9.87. The topological polar surface area (TPSA) is 104 Å². The van der Waals surface area contributed by atoms with E-state index in [2.05, 4.69) is 36.1 Å². The fraction of sp³-hybridized carbons (Fsp3) is 0.185. The summed E-state index contributed by atoms with van der Waals surface area (Å²) in [7, 11) is -3.87. The van der Waals surface area contributed by atoms with E-state index >= 15 is 0 Å². The number of fused-ring (bicyclic) bond motifs is 1. The van der Waals surface area contributed by atoms with Gasteiger partial charge in [0.1, 0.15) is 0 Å². The van der Waals surface area contributed by atoms with E-state index in [9.17, 15) is 18.0 Å². The SMILES string of the molecule is CC(=O)Nc1ccc(C=C2C(=O)Nc3ccc(S(=O)(=O)Nc4ccc(C(C)(C)C)cc4)cc32)cc1. The van der Waals surface area contributed by atoms with Crippen molar-refractivity contribution in [2.45, 2.75) is 38.0 Å². The van der Waals surface area contributed by atoms with Crippen LogP contribution >= 0.6 is 0 Å². The fourth-order valence-corrected chi connectivity index (χ4v) is 4.85. The van der Waals surface area contributed by atoms with E-state index in [0.29, 0.717) is 28.2 Å². The third-order valence-corrected chi connectivity index (χ3v) is 7.01. The van der Waals surface area contributed by atoms with Gasteiger partial charge < -0.3 is 10.6 Å². The average molecular weight is 490 g/mol. The first-order chi connectivity index (χ1) is 16.4. The number of benzene rings is 3. The zero-order valence-corrected chi connectivity index (χ0v) is 20.8. The minimum absolute atomic E-state index is 0.0378. The van der Waals surface area contributed by atoms with Gasteiger partial charge in [0.25, 0.3) is 15.9 Å². The maximum absolute atomic E-state index is 13.1. The van der Waals surface area contributed by atoms with Crippen molar-refractivity contribution >= 4 is 50.5 Å². The Bertz CT molecular complexity index is 1430. The molecule has 1 aliphatic rings. The molecule has 0 bridgehead atoms. The maximum atomic E-state index is 13.1. The van der Waals surface area contributed by atoms with Crippen molar-refractivity contribution in [3.63, 3.8) is 0 Å². The molecule has 0 unspecified atom stereocenters. The predicted octanol–water partition coefficient (Wildman–Crippen LogP) is 5.24. The van der Waals surface area contributed by atoms with E-state index in [1.54, 1.807) is 48.5 Å². The van der Waals surface area contributed by atoms with E-state index in [1.165, 1.54) is 19.1 Å². The minimum atomic E-state index is -3.87. The Labute approximate surface area is 205 Å². The molecule has 0 saturated carbocycles. The number of carbonyl (C=O) groups excluding carboxylic acids is 2. The van der Waals surface area contributed by atoms with Crippen LogP contribution in [0.4, 0.5) is 17.1 Å². The van der Waals surface area contributed by atoms with Crippen LogP contribution in [0.3, 0.4) is 0 Å². The Hall–Kier alpha value is -3.91. The second-order valence-corrected chi connectivity index (χ2v) is 11.1. The molecule has 0 aromatic heterocycles. The number of hydrogen-bond acceptors (Lipinski definition) is 4. The predicted molar refractivity (Wildman–Crippen MR) is 140 cm³/mol. The summed E-state index contributed by atoms with van der Waals surface area (Å²) >= 11 is 0. The number of hydrogen-bond donors (Lipinski definition) is 3. The number of rotatable bonds is 5. The molecule has 2 amide bonds. The highest BCUT2D eigenvalue weighted by molar-refractivity contribution is 7.92. The summed E-state index contributed by atoms with van der Waals surface area (Å²) < 4.78 is 28.8. The van der Waals surface area contributed by atoms with Crippen molar-refractivity contribution in [1.29, 1.82) is 0 Å². The van der Waals surface area contributed by atoms with E-state index in [0.717, 1.165) is 11.1 Å². The Kier molecular flexibility index (Phi) is 6.25. The standard InChI is InChI=1S/C27H27N3O4S/c1-17(31)28-20-9-5-18(6-10-20)15-24-23-16-22(13-14-25(23)29-26(24)32)35(33,34)30-21-11-7-19(8-12-21)27(2,3)4/h5-16,30H,1-4H3,(H,28,31)(H,29,32). The highest BCUT2D eigenvalue weighted by Gasteiger charge is 2.27. The summed E-state index contributed by atoms with van der Waals surface area (Å²) in [6.07, 6.45) is 1.69. The van der Waals surface area contributed by atoms with Crippen LogP contribution in [0.5, 0.6) is 0 Å². The van der Waals surface area contributed by atoms with Crippen LogP contribution in [0.1, 0.15) is 44.4 Å². The molecule has 0 atom stereocenters. The number of sulfonamides is 1. The van der Waals surface area contributed by atoms with Gasteiger partial charge in [-0.2, -0.15) is 0 Å². The number of nitrogens with one attached hydrogen (secondary N) is 3. The van der Waals surface area contributed by atoms with E-state index in [4.69, 9.17) is 0 Å². The molecule has 0 radical (unpaired) electrons. The van der Waals surface area contributed by atoms with Gasteiger partial charge in [0, 0.05) is 35.1 Å². The Morgan fingerprint density at radius 1 is 0.914 bits per heavy atom. The largest absolute Gasteiger partial charge is 0.326 e. The monoisotopic (exact) mass is 489 g/mol. The molecule has 8 heteroatoms. The summed E-state index contributed by atoms with van der Waals surface area (Å²) in [5, 5.41) is 5.47. The second-order valence-electron chi connectivity index (χ2n) is 9.46. The van der Waals surface area contributed by atoms with Crippen LogP contribution < -0.4 is 15.4 Å². The van der Waals surface area contributed by atoms with Crippen LogP contribution in [0, 0.1) is 0 Å². The average Bonchev–Trinajstić information content (AvgIpc) is 3.08. The van der Waals surface area contributed by atoms with Crippen LogP contribution in [0.2, 0.25) is 0 Å². The Balaban J connectivity index is 1.61. The highest BCUT2D eigenvalue weighted by Crippen LogP contribution is 2.35. The van der Waals surface area contributed by atoms with Gasteiger partial charge in [0.15, 0.2) is 0 Å². The summed E-state index contributed by atoms with van der Waals surface area (Å²) in [6.45, 7) is 7.70. The molecule has 3 N–H and O–H groups in total. The summed E-state index contributed by atoms with van der Waals surface area (Å²) in [5.74, 6) is -0.487. The molecule has 0 aliphatic carbocycles. The van der Waals surface area contributed by atoms with E-state index in [-0.39, 0.29) is 22.1 Å². The van der Waals surface area contributed by atoms with Gasteiger partial charge in [0.05, 0.1) is 4.90 Å².